The van der Waals surface area contributed by atoms with Gasteiger partial charge < -0.3 is 10.5 Å². The highest BCUT2D eigenvalue weighted by atomic mass is 35.5. The van der Waals surface area contributed by atoms with Crippen LogP contribution in [0.4, 0.5) is 0 Å². The number of unbranched alkanes of at least 4 members (excludes halogenated alkanes) is 4. The summed E-state index contributed by atoms with van der Waals surface area (Å²) >= 11 is 5.86. The summed E-state index contributed by atoms with van der Waals surface area (Å²) in [6, 6.07) is 7.72. The minimum atomic E-state index is -0.00607. The SMILES string of the molecule is CCCCCCCOC(CN)c1ccc(Cl)cc1. The van der Waals surface area contributed by atoms with Crippen molar-refractivity contribution in [2.45, 2.75) is 45.1 Å². The zero-order valence-corrected chi connectivity index (χ0v) is 12.0. The van der Waals surface area contributed by atoms with Gasteiger partial charge in [0.15, 0.2) is 0 Å². The summed E-state index contributed by atoms with van der Waals surface area (Å²) in [6.45, 7) is 3.52. The zero-order chi connectivity index (χ0) is 13.2. The number of ether oxygens (including phenoxy) is 1. The largest absolute Gasteiger partial charge is 0.372 e. The van der Waals surface area contributed by atoms with Crippen LogP contribution in [-0.4, -0.2) is 13.2 Å². The van der Waals surface area contributed by atoms with E-state index in [2.05, 4.69) is 6.92 Å². The van der Waals surface area contributed by atoms with E-state index in [1.165, 1.54) is 25.7 Å². The average Bonchev–Trinajstić information content (AvgIpc) is 2.39. The maximum atomic E-state index is 5.86. The van der Waals surface area contributed by atoms with E-state index < -0.39 is 0 Å². The van der Waals surface area contributed by atoms with E-state index in [9.17, 15) is 0 Å². The summed E-state index contributed by atoms with van der Waals surface area (Å²) in [7, 11) is 0. The highest BCUT2D eigenvalue weighted by Crippen LogP contribution is 2.19. The third kappa shape index (κ3) is 5.85. The van der Waals surface area contributed by atoms with E-state index in [1.807, 2.05) is 24.3 Å². The van der Waals surface area contributed by atoms with Crippen molar-refractivity contribution < 1.29 is 4.74 Å². The van der Waals surface area contributed by atoms with Crippen molar-refractivity contribution in [2.24, 2.45) is 5.73 Å². The number of hydrogen-bond acceptors (Lipinski definition) is 2. The molecule has 1 aromatic carbocycles. The Balaban J connectivity index is 2.27. The fraction of sp³-hybridized carbons (Fsp3) is 0.600. The van der Waals surface area contributed by atoms with Gasteiger partial charge in [-0.25, -0.2) is 0 Å². The summed E-state index contributed by atoms with van der Waals surface area (Å²) in [4.78, 5) is 0. The van der Waals surface area contributed by atoms with Crippen LogP contribution in [0, 0.1) is 0 Å². The Hall–Kier alpha value is -0.570. The van der Waals surface area contributed by atoms with Crippen LogP contribution in [0.5, 0.6) is 0 Å². The monoisotopic (exact) mass is 269 g/mol. The van der Waals surface area contributed by atoms with Gasteiger partial charge in [0, 0.05) is 18.2 Å². The number of halogens is 1. The third-order valence-corrected chi connectivity index (χ3v) is 3.27. The normalized spacial score (nSPS) is 12.6. The van der Waals surface area contributed by atoms with E-state index in [0.717, 1.165) is 23.6 Å². The first-order chi connectivity index (χ1) is 8.77. The van der Waals surface area contributed by atoms with E-state index in [-0.39, 0.29) is 6.10 Å². The van der Waals surface area contributed by atoms with Crippen molar-refractivity contribution in [1.82, 2.24) is 0 Å². The molecule has 0 fully saturated rings. The van der Waals surface area contributed by atoms with Gasteiger partial charge in [-0.05, 0) is 24.1 Å². The lowest BCUT2D eigenvalue weighted by atomic mass is 10.1. The molecule has 18 heavy (non-hydrogen) atoms. The summed E-state index contributed by atoms with van der Waals surface area (Å²) in [6.07, 6.45) is 6.24. The molecule has 0 aliphatic heterocycles. The van der Waals surface area contributed by atoms with Crippen molar-refractivity contribution in [1.29, 1.82) is 0 Å². The second-order valence-corrected chi connectivity index (χ2v) is 5.00. The van der Waals surface area contributed by atoms with E-state index in [4.69, 9.17) is 22.1 Å². The first-order valence-corrected chi connectivity index (χ1v) is 7.22. The Labute approximate surface area is 115 Å². The molecule has 0 saturated carbocycles. The van der Waals surface area contributed by atoms with Crippen LogP contribution in [0.1, 0.15) is 50.7 Å². The topological polar surface area (TPSA) is 35.2 Å². The predicted octanol–water partition coefficient (Wildman–Crippen LogP) is 4.33. The zero-order valence-electron chi connectivity index (χ0n) is 11.2. The molecule has 1 rings (SSSR count). The Bertz CT molecular complexity index is 313. The first-order valence-electron chi connectivity index (χ1n) is 6.85. The summed E-state index contributed by atoms with van der Waals surface area (Å²) in [5.41, 5.74) is 6.85. The highest BCUT2D eigenvalue weighted by Gasteiger charge is 2.09. The summed E-state index contributed by atoms with van der Waals surface area (Å²) < 4.78 is 5.83. The van der Waals surface area contributed by atoms with Crippen molar-refractivity contribution in [3.8, 4) is 0 Å². The first kappa shape index (κ1) is 15.5. The van der Waals surface area contributed by atoms with Gasteiger partial charge in [0.2, 0.25) is 0 Å². The highest BCUT2D eigenvalue weighted by molar-refractivity contribution is 6.30. The van der Waals surface area contributed by atoms with Crippen LogP contribution < -0.4 is 5.73 Å². The van der Waals surface area contributed by atoms with Gasteiger partial charge in [-0.1, -0.05) is 56.3 Å². The fourth-order valence-corrected chi connectivity index (χ4v) is 2.03. The van der Waals surface area contributed by atoms with Gasteiger partial charge in [0.05, 0.1) is 6.10 Å². The Morgan fingerprint density at radius 1 is 1.11 bits per heavy atom. The molecule has 2 N–H and O–H groups in total. The lowest BCUT2D eigenvalue weighted by molar-refractivity contribution is 0.0558. The number of nitrogens with two attached hydrogens (primary N) is 1. The molecular formula is C15H24ClNO. The second-order valence-electron chi connectivity index (χ2n) is 4.56. The lowest BCUT2D eigenvalue weighted by Gasteiger charge is -2.16. The molecule has 0 heterocycles. The van der Waals surface area contributed by atoms with Crippen LogP contribution in [0.15, 0.2) is 24.3 Å². The van der Waals surface area contributed by atoms with Crippen LogP contribution in [0.2, 0.25) is 5.02 Å². The predicted molar refractivity (Wildman–Crippen MR) is 78.0 cm³/mol. The maximum absolute atomic E-state index is 5.86. The van der Waals surface area contributed by atoms with Crippen molar-refractivity contribution in [2.75, 3.05) is 13.2 Å². The summed E-state index contributed by atoms with van der Waals surface area (Å²) in [5, 5.41) is 0.745. The smallest absolute Gasteiger partial charge is 0.0947 e. The molecule has 0 radical (unpaired) electrons. The number of hydrogen-bond donors (Lipinski definition) is 1. The Morgan fingerprint density at radius 2 is 1.78 bits per heavy atom. The maximum Gasteiger partial charge on any atom is 0.0947 e. The van der Waals surface area contributed by atoms with Crippen LogP contribution in [-0.2, 0) is 4.74 Å². The molecule has 1 aromatic rings. The quantitative estimate of drug-likeness (QED) is 0.678. The average molecular weight is 270 g/mol. The molecule has 102 valence electrons. The molecule has 0 bridgehead atoms. The lowest BCUT2D eigenvalue weighted by Crippen LogP contribution is -2.16. The molecule has 0 aromatic heterocycles. The van der Waals surface area contributed by atoms with Crippen LogP contribution in [0.3, 0.4) is 0 Å². The molecule has 0 aliphatic carbocycles. The van der Waals surface area contributed by atoms with Crippen molar-refractivity contribution in [3.63, 3.8) is 0 Å². The summed E-state index contributed by atoms with van der Waals surface area (Å²) in [5.74, 6) is 0. The van der Waals surface area contributed by atoms with Gasteiger partial charge in [0.1, 0.15) is 0 Å². The van der Waals surface area contributed by atoms with Crippen molar-refractivity contribution >= 4 is 11.6 Å². The molecular weight excluding hydrogens is 246 g/mol. The molecule has 2 nitrogen and oxygen atoms in total. The van der Waals surface area contributed by atoms with Crippen LogP contribution >= 0.6 is 11.6 Å². The van der Waals surface area contributed by atoms with Gasteiger partial charge in [0.25, 0.3) is 0 Å². The Kier molecular flexibility index (Phi) is 8.06. The molecule has 3 heteroatoms. The molecule has 1 atom stereocenters. The third-order valence-electron chi connectivity index (χ3n) is 3.02. The van der Waals surface area contributed by atoms with E-state index in [0.29, 0.717) is 6.54 Å². The minimum absolute atomic E-state index is 0.00607. The number of benzene rings is 1. The van der Waals surface area contributed by atoms with Gasteiger partial charge in [-0.15, -0.1) is 0 Å². The minimum Gasteiger partial charge on any atom is -0.372 e. The molecule has 0 saturated heterocycles. The molecule has 0 spiro atoms. The fourth-order valence-electron chi connectivity index (χ4n) is 1.91. The van der Waals surface area contributed by atoms with Crippen molar-refractivity contribution in [3.05, 3.63) is 34.9 Å². The van der Waals surface area contributed by atoms with Gasteiger partial charge in [-0.3, -0.25) is 0 Å². The van der Waals surface area contributed by atoms with Gasteiger partial charge >= 0.3 is 0 Å². The second kappa shape index (κ2) is 9.37. The van der Waals surface area contributed by atoms with E-state index >= 15 is 0 Å². The molecule has 0 aliphatic rings. The molecule has 0 amide bonds. The number of rotatable bonds is 9. The Morgan fingerprint density at radius 3 is 2.39 bits per heavy atom. The standard InChI is InChI=1S/C15H24ClNO/c1-2-3-4-5-6-11-18-15(12-17)13-7-9-14(16)10-8-13/h7-10,15H,2-6,11-12,17H2,1H3. The van der Waals surface area contributed by atoms with Crippen LogP contribution in [0.25, 0.3) is 0 Å². The van der Waals surface area contributed by atoms with Gasteiger partial charge in [-0.2, -0.15) is 0 Å². The molecule has 1 unspecified atom stereocenters. The van der Waals surface area contributed by atoms with E-state index in [1.54, 1.807) is 0 Å².